The molecule has 1 N–H and O–H groups in total. The lowest BCUT2D eigenvalue weighted by atomic mass is 9.82. The van der Waals surface area contributed by atoms with Gasteiger partial charge in [-0.15, -0.1) is 0 Å². The molecule has 2 aromatic carbocycles. The van der Waals surface area contributed by atoms with E-state index in [0.29, 0.717) is 17.8 Å². The minimum atomic E-state index is -0.866. The Morgan fingerprint density at radius 3 is 2.12 bits per heavy atom. The van der Waals surface area contributed by atoms with Crippen molar-refractivity contribution in [3.8, 4) is 5.75 Å². The maximum atomic E-state index is 11.2. The smallest absolute Gasteiger partial charge is 0.205 e. The first-order valence-electron chi connectivity index (χ1n) is 12.3. The Bertz CT molecular complexity index is 783. The highest BCUT2D eigenvalue weighted by molar-refractivity contribution is 6.48. The van der Waals surface area contributed by atoms with Crippen molar-refractivity contribution >= 4 is 9.04 Å². The molecule has 2 atom stereocenters. The molecule has 0 amide bonds. The van der Waals surface area contributed by atoms with Crippen LogP contribution in [-0.2, 0) is 4.43 Å². The fourth-order valence-electron chi connectivity index (χ4n) is 4.74. The maximum Gasteiger partial charge on any atom is 0.205 e. The van der Waals surface area contributed by atoms with Gasteiger partial charge < -0.3 is 9.53 Å². The van der Waals surface area contributed by atoms with E-state index in [1.807, 2.05) is 12.1 Å². The van der Waals surface area contributed by atoms with Gasteiger partial charge in [0.15, 0.2) is 0 Å². The van der Waals surface area contributed by atoms with Crippen LogP contribution in [0.15, 0.2) is 48.5 Å². The molecule has 2 rings (SSSR count). The molecule has 0 aliphatic heterocycles. The van der Waals surface area contributed by atoms with E-state index in [2.05, 4.69) is 89.0 Å². The van der Waals surface area contributed by atoms with Gasteiger partial charge >= 0.3 is 0 Å². The first kappa shape index (κ1) is 26.6. The second kappa shape index (κ2) is 13.2. The number of hydrogen-bond acceptors (Lipinski definition) is 3. The third-order valence-corrected chi connectivity index (χ3v) is 6.97. The second-order valence-corrected chi connectivity index (χ2v) is 11.7. The third-order valence-electron chi connectivity index (χ3n) is 6.21. The Morgan fingerprint density at radius 2 is 1.56 bits per heavy atom. The number of benzene rings is 2. The van der Waals surface area contributed by atoms with Crippen molar-refractivity contribution in [3.63, 3.8) is 0 Å². The lowest BCUT2D eigenvalue weighted by Crippen LogP contribution is -2.38. The van der Waals surface area contributed by atoms with Gasteiger partial charge in [-0.1, -0.05) is 62.2 Å². The van der Waals surface area contributed by atoms with Gasteiger partial charge in [-0.3, -0.25) is 4.90 Å². The normalized spacial score (nSPS) is 14.0. The molecule has 0 saturated carbocycles. The second-order valence-electron chi connectivity index (χ2n) is 9.61. The van der Waals surface area contributed by atoms with Crippen molar-refractivity contribution in [2.24, 2.45) is 0 Å². The van der Waals surface area contributed by atoms with Gasteiger partial charge in [0.2, 0.25) is 9.04 Å². The van der Waals surface area contributed by atoms with Gasteiger partial charge in [-0.05, 0) is 77.4 Å². The van der Waals surface area contributed by atoms with E-state index in [4.69, 9.17) is 4.43 Å². The number of rotatable bonds is 13. The highest BCUT2D eigenvalue weighted by Crippen LogP contribution is 2.41. The minimum absolute atomic E-state index is 0.0402. The average molecular weight is 455 g/mol. The molecule has 2 aromatic rings. The van der Waals surface area contributed by atoms with Crippen LogP contribution in [0, 0.1) is 0 Å². The Morgan fingerprint density at radius 1 is 0.906 bits per heavy atom. The van der Waals surface area contributed by atoms with Crippen LogP contribution in [0.4, 0.5) is 0 Å². The van der Waals surface area contributed by atoms with Crippen LogP contribution in [0.5, 0.6) is 5.75 Å². The van der Waals surface area contributed by atoms with E-state index in [-0.39, 0.29) is 12.0 Å². The molecule has 0 bridgehead atoms. The highest BCUT2D eigenvalue weighted by atomic mass is 28.3. The Labute approximate surface area is 198 Å². The SMILES string of the molecule is CCCCC(O[Si](C)C)c1cccc(O)c1C(CCN(C(C)C)C(C)C)c1ccccc1. The first-order valence-corrected chi connectivity index (χ1v) is 14.8. The largest absolute Gasteiger partial charge is 0.508 e. The van der Waals surface area contributed by atoms with Crippen LogP contribution in [-0.4, -0.2) is 37.7 Å². The van der Waals surface area contributed by atoms with Crippen molar-refractivity contribution in [2.75, 3.05) is 6.54 Å². The average Bonchev–Trinajstić information content (AvgIpc) is 2.74. The standard InChI is InChI=1S/C28H44NO2Si/c1-8-9-18-27(31-32(6)7)25-16-13-17-26(30)28(25)24(23-14-11-10-12-15-23)19-20-29(21(2)3)22(4)5/h10-17,21-22,24,27,30H,8-9,18-20H2,1-7H3. The summed E-state index contributed by atoms with van der Waals surface area (Å²) in [5, 5.41) is 11.2. The molecule has 2 unspecified atom stereocenters. The van der Waals surface area contributed by atoms with Crippen LogP contribution in [0.3, 0.4) is 0 Å². The van der Waals surface area contributed by atoms with E-state index in [0.717, 1.165) is 37.8 Å². The van der Waals surface area contributed by atoms with Crippen LogP contribution < -0.4 is 0 Å². The third kappa shape index (κ3) is 7.46. The quantitative estimate of drug-likeness (QED) is 0.317. The zero-order valence-electron chi connectivity index (χ0n) is 21.3. The highest BCUT2D eigenvalue weighted by Gasteiger charge is 2.27. The number of hydrogen-bond donors (Lipinski definition) is 1. The van der Waals surface area contributed by atoms with Crippen LogP contribution in [0.2, 0.25) is 13.1 Å². The van der Waals surface area contributed by atoms with Gasteiger partial charge in [-0.2, -0.15) is 0 Å². The molecule has 1 radical (unpaired) electrons. The zero-order chi connectivity index (χ0) is 23.7. The summed E-state index contributed by atoms with van der Waals surface area (Å²) in [6, 6.07) is 17.7. The summed E-state index contributed by atoms with van der Waals surface area (Å²) in [6.07, 6.45) is 4.26. The summed E-state index contributed by atoms with van der Waals surface area (Å²) < 4.78 is 6.50. The molecule has 0 heterocycles. The molecule has 0 spiro atoms. The summed E-state index contributed by atoms with van der Waals surface area (Å²) in [6.45, 7) is 16.7. The molecule has 0 aromatic heterocycles. The van der Waals surface area contributed by atoms with E-state index >= 15 is 0 Å². The predicted molar refractivity (Wildman–Crippen MR) is 139 cm³/mol. The van der Waals surface area contributed by atoms with Crippen molar-refractivity contribution < 1.29 is 9.53 Å². The van der Waals surface area contributed by atoms with Crippen molar-refractivity contribution in [1.82, 2.24) is 4.90 Å². The Hall–Kier alpha value is -1.62. The first-order chi connectivity index (χ1) is 15.3. The zero-order valence-corrected chi connectivity index (χ0v) is 22.3. The molecule has 177 valence electrons. The van der Waals surface area contributed by atoms with E-state index < -0.39 is 9.04 Å². The van der Waals surface area contributed by atoms with Crippen LogP contribution >= 0.6 is 0 Å². The van der Waals surface area contributed by atoms with E-state index in [9.17, 15) is 5.11 Å². The fourth-order valence-corrected chi connectivity index (χ4v) is 5.55. The summed E-state index contributed by atoms with van der Waals surface area (Å²) in [4.78, 5) is 2.54. The lowest BCUT2D eigenvalue weighted by molar-refractivity contribution is 0.169. The number of phenols is 1. The minimum Gasteiger partial charge on any atom is -0.508 e. The number of phenolic OH excluding ortho intramolecular Hbond substituents is 1. The van der Waals surface area contributed by atoms with Crippen molar-refractivity contribution in [1.29, 1.82) is 0 Å². The topological polar surface area (TPSA) is 32.7 Å². The van der Waals surface area contributed by atoms with Crippen LogP contribution in [0.1, 0.15) is 89.0 Å². The van der Waals surface area contributed by atoms with Crippen molar-refractivity contribution in [2.45, 2.75) is 97.5 Å². The van der Waals surface area contributed by atoms with Gasteiger partial charge in [0, 0.05) is 23.6 Å². The number of aromatic hydroxyl groups is 1. The van der Waals surface area contributed by atoms with Crippen LogP contribution in [0.25, 0.3) is 0 Å². The van der Waals surface area contributed by atoms with Crippen molar-refractivity contribution in [3.05, 3.63) is 65.2 Å². The molecule has 3 nitrogen and oxygen atoms in total. The van der Waals surface area contributed by atoms with Gasteiger partial charge in [0.25, 0.3) is 0 Å². The molecule has 0 saturated heterocycles. The Balaban J connectivity index is 2.53. The number of nitrogens with zero attached hydrogens (tertiary/aromatic N) is 1. The number of unbranched alkanes of at least 4 members (excludes halogenated alkanes) is 1. The Kier molecular flexibility index (Phi) is 11.0. The van der Waals surface area contributed by atoms with Gasteiger partial charge in [-0.25, -0.2) is 0 Å². The van der Waals surface area contributed by atoms with E-state index in [1.165, 1.54) is 11.1 Å². The summed E-state index contributed by atoms with van der Waals surface area (Å²) >= 11 is 0. The summed E-state index contributed by atoms with van der Waals surface area (Å²) in [5.74, 6) is 0.521. The predicted octanol–water partition coefficient (Wildman–Crippen LogP) is 7.53. The molecule has 0 aliphatic carbocycles. The molecular weight excluding hydrogens is 410 g/mol. The summed E-state index contributed by atoms with van der Waals surface area (Å²) in [5.41, 5.74) is 3.48. The molecular formula is C28H44NO2Si. The maximum absolute atomic E-state index is 11.2. The molecule has 32 heavy (non-hydrogen) atoms. The lowest BCUT2D eigenvalue weighted by Gasteiger charge is -2.33. The molecule has 4 heteroatoms. The van der Waals surface area contributed by atoms with E-state index in [1.54, 1.807) is 0 Å². The summed E-state index contributed by atoms with van der Waals surface area (Å²) in [7, 11) is -0.866. The van der Waals surface area contributed by atoms with Gasteiger partial charge in [0.05, 0.1) is 6.10 Å². The monoisotopic (exact) mass is 454 g/mol. The molecule has 0 fully saturated rings. The van der Waals surface area contributed by atoms with Gasteiger partial charge in [0.1, 0.15) is 5.75 Å². The fraction of sp³-hybridized carbons (Fsp3) is 0.571. The molecule has 0 aliphatic rings.